The van der Waals surface area contributed by atoms with E-state index in [1.165, 1.54) is 22.7 Å². The first-order valence-corrected chi connectivity index (χ1v) is 9.20. The highest BCUT2D eigenvalue weighted by atomic mass is 19.4. The maximum absolute atomic E-state index is 13.6. The number of imidazole rings is 1. The lowest BCUT2D eigenvalue weighted by Crippen LogP contribution is -2.09. The topological polar surface area (TPSA) is 29.7 Å². The molecule has 4 rings (SSSR count). The molecule has 0 saturated heterocycles. The van der Waals surface area contributed by atoms with E-state index in [1.54, 1.807) is 6.07 Å². The van der Waals surface area contributed by atoms with Crippen LogP contribution in [0.3, 0.4) is 0 Å². The lowest BCUT2D eigenvalue weighted by Gasteiger charge is -2.12. The third-order valence-electron chi connectivity index (χ3n) is 4.69. The van der Waals surface area contributed by atoms with Crippen LogP contribution in [-0.4, -0.2) is 15.6 Å². The first-order valence-electron chi connectivity index (χ1n) is 9.20. The van der Waals surface area contributed by atoms with Crippen molar-refractivity contribution >= 4 is 17.7 Å². The first kappa shape index (κ1) is 22.4. The molecule has 0 bridgehead atoms. The van der Waals surface area contributed by atoms with Gasteiger partial charge in [-0.25, -0.2) is 18.8 Å². The number of pyridine rings is 1. The van der Waals surface area contributed by atoms with Crippen molar-refractivity contribution in [3.63, 3.8) is 0 Å². The van der Waals surface area contributed by atoms with Gasteiger partial charge in [0.05, 0.1) is 11.1 Å². The van der Waals surface area contributed by atoms with Gasteiger partial charge in [-0.3, -0.25) is 4.40 Å². The van der Waals surface area contributed by atoms with Gasteiger partial charge in [0.15, 0.2) is 5.82 Å². The van der Waals surface area contributed by atoms with Crippen LogP contribution in [0.25, 0.3) is 16.9 Å². The Kier molecular flexibility index (Phi) is 5.43. The van der Waals surface area contributed by atoms with Gasteiger partial charge in [-0.05, 0) is 48.5 Å². The third-order valence-corrected chi connectivity index (χ3v) is 4.69. The van der Waals surface area contributed by atoms with Gasteiger partial charge >= 0.3 is 12.4 Å². The summed E-state index contributed by atoms with van der Waals surface area (Å²) in [5.74, 6) is -2.46. The van der Waals surface area contributed by atoms with Crippen LogP contribution < -0.4 is 0 Å². The minimum atomic E-state index is -4.94. The number of hydrogen-bond acceptors (Lipinski definition) is 2. The van der Waals surface area contributed by atoms with Crippen molar-refractivity contribution in [3.05, 3.63) is 89.1 Å². The second-order valence-electron chi connectivity index (χ2n) is 6.89. The van der Waals surface area contributed by atoms with Crippen LogP contribution in [0.1, 0.15) is 16.7 Å². The molecule has 0 aliphatic heterocycles. The third kappa shape index (κ3) is 4.43. The molecule has 33 heavy (non-hydrogen) atoms. The van der Waals surface area contributed by atoms with Crippen molar-refractivity contribution in [2.24, 2.45) is 4.99 Å². The number of aliphatic imine (C=N–C) groups is 1. The second kappa shape index (κ2) is 7.98. The van der Waals surface area contributed by atoms with Crippen LogP contribution in [-0.2, 0) is 12.4 Å². The Balaban J connectivity index is 1.95. The molecular formula is C22H11F8N3. The molecule has 170 valence electrons. The molecule has 11 heteroatoms. The lowest BCUT2D eigenvalue weighted by molar-refractivity contribution is -0.138. The minimum absolute atomic E-state index is 0.159. The van der Waals surface area contributed by atoms with Gasteiger partial charge in [0.2, 0.25) is 0 Å². The molecule has 2 aromatic heterocycles. The van der Waals surface area contributed by atoms with Gasteiger partial charge in [0.25, 0.3) is 0 Å². The molecule has 0 fully saturated rings. The number of nitrogens with zero attached hydrogens (tertiary/aromatic N) is 3. The highest BCUT2D eigenvalue weighted by molar-refractivity contribution is 5.87. The Morgan fingerprint density at radius 1 is 0.788 bits per heavy atom. The molecule has 2 aromatic carbocycles. The zero-order chi connectivity index (χ0) is 24.0. The summed E-state index contributed by atoms with van der Waals surface area (Å²) in [6.07, 6.45) is -7.66. The fourth-order valence-corrected chi connectivity index (χ4v) is 3.26. The predicted octanol–water partition coefficient (Wildman–Crippen LogP) is 7.07. The Morgan fingerprint density at radius 3 is 2.09 bits per heavy atom. The van der Waals surface area contributed by atoms with Gasteiger partial charge in [-0.15, -0.1) is 0 Å². The Morgan fingerprint density at radius 2 is 1.42 bits per heavy atom. The van der Waals surface area contributed by atoms with E-state index in [1.807, 2.05) is 0 Å². The first-order chi connectivity index (χ1) is 15.4. The molecule has 0 saturated carbocycles. The minimum Gasteiger partial charge on any atom is -0.284 e. The fourth-order valence-electron chi connectivity index (χ4n) is 3.26. The summed E-state index contributed by atoms with van der Waals surface area (Å²) in [5.41, 5.74) is -3.79. The van der Waals surface area contributed by atoms with E-state index in [2.05, 4.69) is 9.98 Å². The standard InChI is InChI=1S/C22H11F8N3/c23-13-5-4-12(16(9-13)21(25,26)27)11-31-20-19(32-18-3-1-2-8-33(18)20)15-7-6-14(24)10-17(15)22(28,29)30/h1-11H/b31-11+. The van der Waals surface area contributed by atoms with Gasteiger partial charge in [-0.1, -0.05) is 6.07 Å². The van der Waals surface area contributed by atoms with E-state index in [-0.39, 0.29) is 17.2 Å². The second-order valence-corrected chi connectivity index (χ2v) is 6.89. The van der Waals surface area contributed by atoms with Crippen LogP contribution in [0, 0.1) is 11.6 Å². The highest BCUT2D eigenvalue weighted by Gasteiger charge is 2.36. The summed E-state index contributed by atoms with van der Waals surface area (Å²) in [5, 5.41) is 0. The average molecular weight is 469 g/mol. The summed E-state index contributed by atoms with van der Waals surface area (Å²) in [4.78, 5) is 8.11. The molecule has 0 radical (unpaired) electrons. The summed E-state index contributed by atoms with van der Waals surface area (Å²) >= 11 is 0. The van der Waals surface area contributed by atoms with Crippen molar-refractivity contribution in [3.8, 4) is 11.3 Å². The van der Waals surface area contributed by atoms with Crippen LogP contribution in [0.5, 0.6) is 0 Å². The van der Waals surface area contributed by atoms with Gasteiger partial charge in [-0.2, -0.15) is 26.3 Å². The van der Waals surface area contributed by atoms with Crippen molar-refractivity contribution in [1.82, 2.24) is 9.38 Å². The molecule has 4 aromatic rings. The van der Waals surface area contributed by atoms with E-state index < -0.39 is 46.2 Å². The van der Waals surface area contributed by atoms with Crippen LogP contribution >= 0.6 is 0 Å². The molecule has 0 atom stereocenters. The summed E-state index contributed by atoms with van der Waals surface area (Å²) in [6.45, 7) is 0. The van der Waals surface area contributed by atoms with Gasteiger partial charge in [0.1, 0.15) is 23.0 Å². The van der Waals surface area contributed by atoms with Crippen molar-refractivity contribution in [2.45, 2.75) is 12.4 Å². The summed E-state index contributed by atoms with van der Waals surface area (Å²) in [6, 6.07) is 8.45. The van der Waals surface area contributed by atoms with Gasteiger partial charge < -0.3 is 0 Å². The van der Waals surface area contributed by atoms with Crippen LogP contribution in [0.2, 0.25) is 0 Å². The van der Waals surface area contributed by atoms with E-state index in [0.717, 1.165) is 30.5 Å². The highest BCUT2D eigenvalue weighted by Crippen LogP contribution is 2.41. The quantitative estimate of drug-likeness (QED) is 0.233. The molecule has 2 heterocycles. The predicted molar refractivity (Wildman–Crippen MR) is 104 cm³/mol. The molecule has 0 unspecified atom stereocenters. The molecule has 0 aliphatic rings. The largest absolute Gasteiger partial charge is 0.417 e. The number of hydrogen-bond donors (Lipinski definition) is 0. The zero-order valence-electron chi connectivity index (χ0n) is 16.2. The van der Waals surface area contributed by atoms with E-state index in [4.69, 9.17) is 0 Å². The molecular weight excluding hydrogens is 458 g/mol. The number of fused-ring (bicyclic) bond motifs is 1. The van der Waals surface area contributed by atoms with Crippen LogP contribution in [0.15, 0.2) is 65.8 Å². The number of benzene rings is 2. The van der Waals surface area contributed by atoms with E-state index in [0.29, 0.717) is 12.1 Å². The molecule has 0 N–H and O–H groups in total. The molecule has 0 amide bonds. The van der Waals surface area contributed by atoms with E-state index >= 15 is 0 Å². The normalized spacial score (nSPS) is 12.7. The van der Waals surface area contributed by atoms with Crippen molar-refractivity contribution in [2.75, 3.05) is 0 Å². The van der Waals surface area contributed by atoms with E-state index in [9.17, 15) is 35.1 Å². The van der Waals surface area contributed by atoms with Crippen molar-refractivity contribution in [1.29, 1.82) is 0 Å². The van der Waals surface area contributed by atoms with Gasteiger partial charge in [0, 0.05) is 23.5 Å². The number of aromatic nitrogens is 2. The van der Waals surface area contributed by atoms with Crippen LogP contribution in [0.4, 0.5) is 40.9 Å². The average Bonchev–Trinajstić information content (AvgIpc) is 3.10. The number of halogens is 8. The smallest absolute Gasteiger partial charge is 0.284 e. The number of alkyl halides is 6. The Bertz CT molecular complexity index is 1370. The van der Waals surface area contributed by atoms with Crippen molar-refractivity contribution < 1.29 is 35.1 Å². The molecule has 0 spiro atoms. The SMILES string of the molecule is Fc1ccc(/C=N/c2c(-c3ccc(F)cc3C(F)(F)F)nc3ccccn23)c(C(F)(F)F)c1. The Hall–Kier alpha value is -3.76. The summed E-state index contributed by atoms with van der Waals surface area (Å²) < 4.78 is 109. The lowest BCUT2D eigenvalue weighted by atomic mass is 10.0. The molecule has 0 aliphatic carbocycles. The fraction of sp³-hybridized carbons (Fsp3) is 0.0909. The zero-order valence-corrected chi connectivity index (χ0v) is 16.2. The molecule has 3 nitrogen and oxygen atoms in total. The maximum Gasteiger partial charge on any atom is 0.417 e. The monoisotopic (exact) mass is 469 g/mol. The number of rotatable bonds is 3. The maximum atomic E-state index is 13.6. The Labute approximate surface area is 180 Å². The summed E-state index contributed by atoms with van der Waals surface area (Å²) in [7, 11) is 0.